The fourth-order valence-corrected chi connectivity index (χ4v) is 1.87. The second-order valence-corrected chi connectivity index (χ2v) is 4.47. The number of hydrogen-bond donors (Lipinski definition) is 1. The van der Waals surface area contributed by atoms with Crippen molar-refractivity contribution in [3.63, 3.8) is 0 Å². The lowest BCUT2D eigenvalue weighted by molar-refractivity contribution is 0.588. The lowest BCUT2D eigenvalue weighted by Crippen LogP contribution is -2.02. The predicted molar refractivity (Wildman–Crippen MR) is 71.5 cm³/mol. The lowest BCUT2D eigenvalue weighted by atomic mass is 10.1. The van der Waals surface area contributed by atoms with E-state index in [1.165, 1.54) is 5.56 Å². The van der Waals surface area contributed by atoms with Gasteiger partial charge in [0.1, 0.15) is 12.0 Å². The molecular weight excluding hydrogens is 256 g/mol. The van der Waals surface area contributed by atoms with Crippen LogP contribution >= 0.6 is 0 Å². The Morgan fingerprint density at radius 1 is 1.05 bits per heavy atom. The van der Waals surface area contributed by atoms with E-state index in [-0.39, 0.29) is 0 Å². The van der Waals surface area contributed by atoms with Crippen molar-refractivity contribution in [1.29, 1.82) is 0 Å². The van der Waals surface area contributed by atoms with Gasteiger partial charge in [-0.05, 0) is 34.5 Å². The van der Waals surface area contributed by atoms with E-state index in [0.29, 0.717) is 6.54 Å². The molecule has 0 unspecified atom stereocenters. The number of aryl methyl sites for hydroxylation is 2. The van der Waals surface area contributed by atoms with E-state index >= 15 is 0 Å². The number of benzene rings is 1. The Kier molecular flexibility index (Phi) is 3.36. The maximum Gasteiger partial charge on any atom is 0.138 e. The zero-order valence-electron chi connectivity index (χ0n) is 10.8. The second kappa shape index (κ2) is 5.47. The van der Waals surface area contributed by atoms with Crippen LogP contribution in [-0.2, 0) is 19.5 Å². The lowest BCUT2D eigenvalue weighted by Gasteiger charge is -2.01. The molecule has 0 bridgehead atoms. The van der Waals surface area contributed by atoms with Gasteiger partial charge in [-0.3, -0.25) is 4.68 Å². The minimum atomic E-state index is 0.523. The van der Waals surface area contributed by atoms with Crippen LogP contribution in [0.3, 0.4) is 0 Å². The molecule has 1 aromatic carbocycles. The number of nitrogens with zero attached hydrogens (tertiary/aromatic N) is 7. The molecule has 0 spiro atoms. The molecule has 20 heavy (non-hydrogen) atoms. The maximum atomic E-state index is 5.66. The highest BCUT2D eigenvalue weighted by molar-refractivity contribution is 5.39. The number of hydrogen-bond acceptors (Lipinski definition) is 6. The average molecular weight is 270 g/mol. The molecular formula is C12H14N8. The van der Waals surface area contributed by atoms with E-state index < -0.39 is 0 Å². The molecule has 0 aliphatic carbocycles. The summed E-state index contributed by atoms with van der Waals surface area (Å²) >= 11 is 0. The summed E-state index contributed by atoms with van der Waals surface area (Å²) in [5.41, 5.74) is 8.48. The van der Waals surface area contributed by atoms with Gasteiger partial charge in [0.2, 0.25) is 0 Å². The van der Waals surface area contributed by atoms with Crippen LogP contribution in [0.25, 0.3) is 0 Å². The number of anilines is 1. The number of rotatable bonds is 5. The molecule has 3 rings (SSSR count). The SMILES string of the molecule is Nc1ccc(CCn2cc(Cn3cnnn3)nn2)cc1. The molecule has 2 N–H and O–H groups in total. The van der Waals surface area contributed by atoms with E-state index in [1.54, 1.807) is 11.0 Å². The second-order valence-electron chi connectivity index (χ2n) is 4.47. The minimum absolute atomic E-state index is 0.523. The fourth-order valence-electron chi connectivity index (χ4n) is 1.87. The van der Waals surface area contributed by atoms with E-state index in [4.69, 9.17) is 5.73 Å². The quantitative estimate of drug-likeness (QED) is 0.662. The van der Waals surface area contributed by atoms with Gasteiger partial charge in [0.15, 0.2) is 0 Å². The van der Waals surface area contributed by atoms with Crippen molar-refractivity contribution in [2.45, 2.75) is 19.5 Å². The number of nitrogens with two attached hydrogens (primary N) is 1. The van der Waals surface area contributed by atoms with Gasteiger partial charge >= 0.3 is 0 Å². The highest BCUT2D eigenvalue weighted by Crippen LogP contribution is 2.07. The van der Waals surface area contributed by atoms with E-state index in [2.05, 4.69) is 25.8 Å². The van der Waals surface area contributed by atoms with Crippen LogP contribution in [0.15, 0.2) is 36.8 Å². The Morgan fingerprint density at radius 3 is 2.65 bits per heavy atom. The van der Waals surface area contributed by atoms with Gasteiger partial charge in [-0.2, -0.15) is 0 Å². The Bertz CT molecular complexity index is 655. The fraction of sp³-hybridized carbons (Fsp3) is 0.250. The third-order valence-electron chi connectivity index (χ3n) is 2.91. The summed E-state index contributed by atoms with van der Waals surface area (Å²) in [7, 11) is 0. The van der Waals surface area contributed by atoms with E-state index in [1.807, 2.05) is 35.1 Å². The minimum Gasteiger partial charge on any atom is -0.399 e. The van der Waals surface area contributed by atoms with Crippen LogP contribution in [0.5, 0.6) is 0 Å². The van der Waals surface area contributed by atoms with Gasteiger partial charge in [0, 0.05) is 12.2 Å². The molecule has 8 heteroatoms. The third kappa shape index (κ3) is 2.97. The average Bonchev–Trinajstić information content (AvgIpc) is 3.11. The Balaban J connectivity index is 1.58. The molecule has 0 saturated carbocycles. The molecule has 102 valence electrons. The molecule has 3 aromatic rings. The highest BCUT2D eigenvalue weighted by Gasteiger charge is 2.03. The summed E-state index contributed by atoms with van der Waals surface area (Å²) in [5, 5.41) is 19.1. The number of tetrazole rings is 1. The van der Waals surface area contributed by atoms with Crippen molar-refractivity contribution in [2.75, 3.05) is 5.73 Å². The van der Waals surface area contributed by atoms with Gasteiger partial charge in [-0.1, -0.05) is 17.3 Å². The van der Waals surface area contributed by atoms with Crippen molar-refractivity contribution < 1.29 is 0 Å². The first-order chi connectivity index (χ1) is 9.79. The van der Waals surface area contributed by atoms with Gasteiger partial charge in [0.25, 0.3) is 0 Å². The van der Waals surface area contributed by atoms with Crippen molar-refractivity contribution in [3.05, 3.63) is 48.0 Å². The zero-order chi connectivity index (χ0) is 13.8. The van der Waals surface area contributed by atoms with Gasteiger partial charge in [-0.15, -0.1) is 10.2 Å². The monoisotopic (exact) mass is 270 g/mol. The molecule has 0 fully saturated rings. The van der Waals surface area contributed by atoms with Gasteiger partial charge in [-0.25, -0.2) is 4.68 Å². The molecule has 0 amide bonds. The molecule has 0 aliphatic rings. The van der Waals surface area contributed by atoms with Crippen molar-refractivity contribution >= 4 is 5.69 Å². The summed E-state index contributed by atoms with van der Waals surface area (Å²) < 4.78 is 3.42. The summed E-state index contributed by atoms with van der Waals surface area (Å²) in [6, 6.07) is 7.85. The van der Waals surface area contributed by atoms with Gasteiger partial charge in [0.05, 0.1) is 12.7 Å². The normalized spacial score (nSPS) is 10.8. The standard InChI is InChI=1S/C12H14N8/c13-11-3-1-10(2-4-11)5-6-19-7-12(15-17-19)8-20-9-14-16-18-20/h1-4,7,9H,5-6,8,13H2. The molecule has 0 saturated heterocycles. The number of nitrogen functional groups attached to an aromatic ring is 1. The van der Waals surface area contributed by atoms with E-state index in [9.17, 15) is 0 Å². The van der Waals surface area contributed by atoms with Crippen LogP contribution in [0, 0.1) is 0 Å². The van der Waals surface area contributed by atoms with Crippen LogP contribution in [-0.4, -0.2) is 35.2 Å². The molecule has 0 aliphatic heterocycles. The smallest absolute Gasteiger partial charge is 0.138 e. The molecule has 2 heterocycles. The van der Waals surface area contributed by atoms with Crippen LogP contribution in [0.2, 0.25) is 0 Å². The number of aromatic nitrogens is 7. The van der Waals surface area contributed by atoms with Crippen molar-refractivity contribution in [1.82, 2.24) is 35.2 Å². The van der Waals surface area contributed by atoms with Crippen molar-refractivity contribution in [2.24, 2.45) is 0 Å². The van der Waals surface area contributed by atoms with Crippen LogP contribution in [0.1, 0.15) is 11.3 Å². The van der Waals surface area contributed by atoms with Crippen molar-refractivity contribution in [3.8, 4) is 0 Å². The van der Waals surface area contributed by atoms with Gasteiger partial charge < -0.3 is 5.73 Å². The summed E-state index contributed by atoms with van der Waals surface area (Å²) in [6.07, 6.45) is 4.33. The Hall–Kier alpha value is -2.77. The van der Waals surface area contributed by atoms with Crippen LogP contribution in [0.4, 0.5) is 5.69 Å². The third-order valence-corrected chi connectivity index (χ3v) is 2.91. The predicted octanol–water partition coefficient (Wildman–Crippen LogP) is 0.138. The summed E-state index contributed by atoms with van der Waals surface area (Å²) in [4.78, 5) is 0. The first-order valence-electron chi connectivity index (χ1n) is 6.24. The molecule has 8 nitrogen and oxygen atoms in total. The first kappa shape index (κ1) is 12.3. The highest BCUT2D eigenvalue weighted by atomic mass is 15.5. The molecule has 2 aromatic heterocycles. The first-order valence-corrected chi connectivity index (χ1v) is 6.24. The molecule has 0 atom stereocenters. The largest absolute Gasteiger partial charge is 0.399 e. The Labute approximate surface area is 115 Å². The van der Waals surface area contributed by atoms with Crippen LogP contribution < -0.4 is 5.73 Å². The topological polar surface area (TPSA) is 100 Å². The molecule has 0 radical (unpaired) electrons. The van der Waals surface area contributed by atoms with E-state index in [0.717, 1.165) is 24.3 Å². The summed E-state index contributed by atoms with van der Waals surface area (Å²) in [6.45, 7) is 1.29. The summed E-state index contributed by atoms with van der Waals surface area (Å²) in [5.74, 6) is 0. The maximum absolute atomic E-state index is 5.66. The Morgan fingerprint density at radius 2 is 1.90 bits per heavy atom. The zero-order valence-corrected chi connectivity index (χ0v) is 10.8.